The summed E-state index contributed by atoms with van der Waals surface area (Å²) in [6.07, 6.45) is -2.66. The molecule has 3 N–H and O–H groups in total. The van der Waals surface area contributed by atoms with Crippen LogP contribution in [0.5, 0.6) is 0 Å². The van der Waals surface area contributed by atoms with E-state index in [0.29, 0.717) is 11.0 Å². The molecule has 1 unspecified atom stereocenters. The molecule has 0 aromatic heterocycles. The highest BCUT2D eigenvalue weighted by atomic mass is 16.6. The van der Waals surface area contributed by atoms with Gasteiger partial charge >= 0.3 is 0 Å². The lowest BCUT2D eigenvalue weighted by atomic mass is 10.3. The molecule has 1 atom stereocenters. The molecular formula is C7H17NO5. The summed E-state index contributed by atoms with van der Waals surface area (Å²) in [4.78, 5) is 8.44. The minimum atomic E-state index is -2.08. The molecule has 0 spiro atoms. The predicted octanol–water partition coefficient (Wildman–Crippen LogP) is -2.07. The van der Waals surface area contributed by atoms with Crippen molar-refractivity contribution in [2.75, 3.05) is 34.3 Å². The van der Waals surface area contributed by atoms with Crippen molar-refractivity contribution in [3.8, 4) is 0 Å². The van der Waals surface area contributed by atoms with Crippen molar-refractivity contribution in [1.29, 1.82) is 0 Å². The molecule has 0 rings (SSSR count). The molecular weight excluding hydrogens is 178 g/mol. The highest BCUT2D eigenvalue weighted by molar-refractivity contribution is 5.50. The van der Waals surface area contributed by atoms with Crippen LogP contribution >= 0.6 is 0 Å². The van der Waals surface area contributed by atoms with Gasteiger partial charge in [0.25, 0.3) is 0 Å². The Morgan fingerprint density at radius 1 is 1.46 bits per heavy atom. The highest BCUT2D eigenvalue weighted by Crippen LogP contribution is 1.92. The van der Waals surface area contributed by atoms with Gasteiger partial charge in [-0.2, -0.15) is 0 Å². The average molecular weight is 195 g/mol. The monoisotopic (exact) mass is 195 g/mol. The van der Waals surface area contributed by atoms with E-state index in [0.717, 1.165) is 0 Å². The minimum absolute atomic E-state index is 0.143. The molecule has 0 heterocycles. The van der Waals surface area contributed by atoms with Crippen molar-refractivity contribution in [3.63, 3.8) is 0 Å². The molecule has 0 aromatic rings. The second-order valence-electron chi connectivity index (χ2n) is 3.58. The van der Waals surface area contributed by atoms with E-state index in [1.807, 2.05) is 21.1 Å². The smallest absolute Gasteiger partial charge is 0.249 e. The van der Waals surface area contributed by atoms with Crippen LogP contribution in [0, 0.1) is 0 Å². The van der Waals surface area contributed by atoms with Gasteiger partial charge in [-0.05, 0) is 0 Å². The van der Waals surface area contributed by atoms with E-state index in [9.17, 15) is 0 Å². The third-order valence-corrected chi connectivity index (χ3v) is 0.969. The first-order valence-electron chi connectivity index (χ1n) is 3.68. The Bertz CT molecular complexity index is 138. The van der Waals surface area contributed by atoms with Crippen LogP contribution in [0.2, 0.25) is 0 Å². The van der Waals surface area contributed by atoms with E-state index >= 15 is 0 Å². The third kappa shape index (κ3) is 24.7. The van der Waals surface area contributed by atoms with Crippen LogP contribution in [0.25, 0.3) is 0 Å². The molecule has 0 aliphatic rings. The molecule has 13 heavy (non-hydrogen) atoms. The van der Waals surface area contributed by atoms with Crippen molar-refractivity contribution in [3.05, 3.63) is 0 Å². The summed E-state index contributed by atoms with van der Waals surface area (Å²) in [5.41, 5.74) is 0. The Labute approximate surface area is 77.2 Å². The molecule has 0 bridgehead atoms. The quantitative estimate of drug-likeness (QED) is 0.449. The van der Waals surface area contributed by atoms with Crippen LogP contribution in [0.1, 0.15) is 0 Å². The molecule has 0 amide bonds. The summed E-state index contributed by atoms with van der Waals surface area (Å²) < 4.78 is 0.682. The Morgan fingerprint density at radius 2 is 1.77 bits per heavy atom. The lowest BCUT2D eigenvalue weighted by Crippen LogP contribution is -2.42. The Hall–Kier alpha value is -0.850. The summed E-state index contributed by atoms with van der Waals surface area (Å²) >= 11 is 0. The Kier molecular flexibility index (Phi) is 7.49. The van der Waals surface area contributed by atoms with Gasteiger partial charge in [-0.3, -0.25) is 0 Å². The number of hydrogen-bond acceptors (Lipinski definition) is 4. The zero-order chi connectivity index (χ0) is 11.1. The van der Waals surface area contributed by atoms with Crippen LogP contribution in [0.3, 0.4) is 0 Å². The van der Waals surface area contributed by atoms with Crippen molar-refractivity contribution < 1.29 is 29.7 Å². The standard InChI is InChI=1S/C6H16NO2.CH2O3/c1-7(2,3)4-6(9)5-8;2-1(3)4/h6,8-9H,4-5H2,1-3H3;(H2,2,3,4)/q+1;/p-1. The number of aliphatic hydroxyl groups is 2. The van der Waals surface area contributed by atoms with Crippen molar-refractivity contribution >= 4 is 6.16 Å². The lowest BCUT2D eigenvalue weighted by molar-refractivity contribution is -0.873. The van der Waals surface area contributed by atoms with Crippen LogP contribution in [0.15, 0.2) is 0 Å². The van der Waals surface area contributed by atoms with Gasteiger partial charge < -0.3 is 29.7 Å². The Balaban J connectivity index is 0. The van der Waals surface area contributed by atoms with E-state index in [2.05, 4.69) is 0 Å². The average Bonchev–Trinajstić information content (AvgIpc) is 1.82. The van der Waals surface area contributed by atoms with Crippen LogP contribution in [0.4, 0.5) is 4.79 Å². The highest BCUT2D eigenvalue weighted by Gasteiger charge is 2.13. The maximum atomic E-state index is 8.93. The maximum absolute atomic E-state index is 8.93. The van der Waals surface area contributed by atoms with E-state index in [4.69, 9.17) is 25.2 Å². The summed E-state index contributed by atoms with van der Waals surface area (Å²) in [6.45, 7) is 0.450. The topological polar surface area (TPSA) is 101 Å². The first-order valence-corrected chi connectivity index (χ1v) is 3.68. The van der Waals surface area contributed by atoms with Gasteiger partial charge in [0.1, 0.15) is 12.6 Å². The first-order chi connectivity index (χ1) is 5.69. The van der Waals surface area contributed by atoms with Crippen molar-refractivity contribution in [2.24, 2.45) is 0 Å². The molecule has 0 saturated heterocycles. The van der Waals surface area contributed by atoms with Gasteiger partial charge in [-0.25, -0.2) is 0 Å². The lowest BCUT2D eigenvalue weighted by Gasteiger charge is -2.25. The zero-order valence-electron chi connectivity index (χ0n) is 8.10. The number of hydrogen-bond donors (Lipinski definition) is 3. The fourth-order valence-electron chi connectivity index (χ4n) is 0.690. The Morgan fingerprint density at radius 3 is 1.85 bits per heavy atom. The van der Waals surface area contributed by atoms with Gasteiger partial charge in [-0.1, -0.05) is 0 Å². The molecule has 6 nitrogen and oxygen atoms in total. The van der Waals surface area contributed by atoms with Gasteiger partial charge in [0.05, 0.1) is 27.7 Å². The van der Waals surface area contributed by atoms with Crippen molar-refractivity contribution in [1.82, 2.24) is 0 Å². The number of carboxylic acid groups (broad SMARTS) is 2. The third-order valence-electron chi connectivity index (χ3n) is 0.969. The molecule has 0 radical (unpaired) electrons. The number of likely N-dealkylation sites (N-methyl/N-ethyl adjacent to an activating group) is 1. The van der Waals surface area contributed by atoms with Gasteiger partial charge in [0.2, 0.25) is 6.16 Å². The minimum Gasteiger partial charge on any atom is -0.565 e. The van der Waals surface area contributed by atoms with E-state index in [1.165, 1.54) is 0 Å². The fourth-order valence-corrected chi connectivity index (χ4v) is 0.690. The number of nitrogens with zero attached hydrogens (tertiary/aromatic N) is 1. The van der Waals surface area contributed by atoms with E-state index < -0.39 is 12.3 Å². The molecule has 0 aliphatic heterocycles. The molecule has 0 fully saturated rings. The summed E-state index contributed by atoms with van der Waals surface area (Å²) in [5.74, 6) is 0. The van der Waals surface area contributed by atoms with E-state index in [1.54, 1.807) is 0 Å². The zero-order valence-corrected chi connectivity index (χ0v) is 8.10. The van der Waals surface area contributed by atoms with E-state index in [-0.39, 0.29) is 6.61 Å². The number of rotatable bonds is 3. The van der Waals surface area contributed by atoms with Crippen LogP contribution in [-0.2, 0) is 0 Å². The summed E-state index contributed by atoms with van der Waals surface area (Å²) in [6, 6.07) is 0. The molecule has 6 heteroatoms. The van der Waals surface area contributed by atoms with Crippen LogP contribution < -0.4 is 5.11 Å². The number of aliphatic hydroxyl groups excluding tert-OH is 2. The number of carbonyl (C=O) groups is 1. The second kappa shape index (κ2) is 6.64. The largest absolute Gasteiger partial charge is 0.565 e. The van der Waals surface area contributed by atoms with Crippen molar-refractivity contribution in [2.45, 2.75) is 6.10 Å². The SMILES string of the molecule is C[N+](C)(C)CC(O)CO.O=C([O-])O. The normalized spacial score (nSPS) is 12.7. The summed E-state index contributed by atoms with van der Waals surface area (Å²) in [7, 11) is 5.91. The molecule has 0 aromatic carbocycles. The maximum Gasteiger partial charge on any atom is 0.249 e. The molecule has 0 aliphatic carbocycles. The van der Waals surface area contributed by atoms with Gasteiger partial charge in [0, 0.05) is 0 Å². The fraction of sp³-hybridized carbons (Fsp3) is 0.857. The molecule has 0 saturated carbocycles. The number of quaternary nitrogens is 1. The second-order valence-corrected chi connectivity index (χ2v) is 3.58. The van der Waals surface area contributed by atoms with Crippen LogP contribution in [-0.4, -0.2) is 66.4 Å². The van der Waals surface area contributed by atoms with Gasteiger partial charge in [-0.15, -0.1) is 0 Å². The predicted molar refractivity (Wildman–Crippen MR) is 44.0 cm³/mol. The molecule has 80 valence electrons. The van der Waals surface area contributed by atoms with Gasteiger partial charge in [0.15, 0.2) is 0 Å². The summed E-state index contributed by atoms with van der Waals surface area (Å²) in [5, 5.41) is 32.7. The first kappa shape index (κ1) is 14.7.